The lowest BCUT2D eigenvalue weighted by Gasteiger charge is -2.09. The van der Waals surface area contributed by atoms with Gasteiger partial charge in [0.05, 0.1) is 24.4 Å². The van der Waals surface area contributed by atoms with Gasteiger partial charge in [-0.25, -0.2) is 0 Å². The minimum absolute atomic E-state index is 0.128. The second kappa shape index (κ2) is 9.92. The standard InChI is InChI=1S/C22H20F3N3O3/c1-2-30-18-9-5-15(6-10-18)19-11-12-20(28-27-19)31-14-13-26-21(29)16-3-7-17(8-4-16)22(23,24)25/h3-12H,2,13-14H2,1H3,(H,26,29). The Labute approximate surface area is 177 Å². The molecule has 0 fully saturated rings. The van der Waals surface area contributed by atoms with Crippen molar-refractivity contribution in [2.75, 3.05) is 19.8 Å². The van der Waals surface area contributed by atoms with Crippen LogP contribution in [0.15, 0.2) is 60.7 Å². The van der Waals surface area contributed by atoms with Gasteiger partial charge in [-0.2, -0.15) is 13.2 Å². The number of hydrogen-bond donors (Lipinski definition) is 1. The highest BCUT2D eigenvalue weighted by atomic mass is 19.4. The fourth-order valence-corrected chi connectivity index (χ4v) is 2.67. The van der Waals surface area contributed by atoms with Crippen LogP contribution in [0.4, 0.5) is 13.2 Å². The highest BCUT2D eigenvalue weighted by Gasteiger charge is 2.30. The SMILES string of the molecule is CCOc1ccc(-c2ccc(OCCNC(=O)c3ccc(C(F)(F)F)cc3)nn2)cc1. The molecule has 31 heavy (non-hydrogen) atoms. The molecule has 0 aliphatic carbocycles. The minimum Gasteiger partial charge on any atom is -0.494 e. The van der Waals surface area contributed by atoms with Gasteiger partial charge in [0, 0.05) is 17.2 Å². The number of benzene rings is 2. The fourth-order valence-electron chi connectivity index (χ4n) is 2.67. The average molecular weight is 431 g/mol. The predicted molar refractivity (Wildman–Crippen MR) is 108 cm³/mol. The van der Waals surface area contributed by atoms with Gasteiger partial charge in [0.2, 0.25) is 5.88 Å². The van der Waals surface area contributed by atoms with Crippen LogP contribution >= 0.6 is 0 Å². The van der Waals surface area contributed by atoms with Gasteiger partial charge in [0.25, 0.3) is 5.91 Å². The van der Waals surface area contributed by atoms with Crippen molar-refractivity contribution in [2.24, 2.45) is 0 Å². The van der Waals surface area contributed by atoms with Gasteiger partial charge < -0.3 is 14.8 Å². The maximum Gasteiger partial charge on any atom is 0.416 e. The summed E-state index contributed by atoms with van der Waals surface area (Å²) in [5.41, 5.74) is 0.879. The Kier molecular flexibility index (Phi) is 7.07. The number of amides is 1. The number of carbonyl (C=O) groups is 1. The Morgan fingerprint density at radius 3 is 2.23 bits per heavy atom. The number of alkyl halides is 3. The summed E-state index contributed by atoms with van der Waals surface area (Å²) in [6.07, 6.45) is -4.44. The van der Waals surface area contributed by atoms with Gasteiger partial charge in [0.15, 0.2) is 0 Å². The van der Waals surface area contributed by atoms with Crippen molar-refractivity contribution in [1.29, 1.82) is 0 Å². The predicted octanol–water partition coefficient (Wildman–Crippen LogP) is 4.37. The van der Waals surface area contributed by atoms with Crippen molar-refractivity contribution in [3.05, 3.63) is 71.8 Å². The van der Waals surface area contributed by atoms with E-state index in [-0.39, 0.29) is 18.7 Å². The van der Waals surface area contributed by atoms with Crippen molar-refractivity contribution in [2.45, 2.75) is 13.1 Å². The molecule has 1 aromatic heterocycles. The zero-order chi connectivity index (χ0) is 22.3. The number of aromatic nitrogens is 2. The van der Waals surface area contributed by atoms with Crippen LogP contribution in [0, 0.1) is 0 Å². The fraction of sp³-hybridized carbons (Fsp3) is 0.227. The van der Waals surface area contributed by atoms with Crippen LogP contribution in [0.3, 0.4) is 0 Å². The number of nitrogens with one attached hydrogen (secondary N) is 1. The van der Waals surface area contributed by atoms with Crippen molar-refractivity contribution in [1.82, 2.24) is 15.5 Å². The lowest BCUT2D eigenvalue weighted by Crippen LogP contribution is -2.28. The summed E-state index contributed by atoms with van der Waals surface area (Å²) in [6, 6.07) is 14.9. The summed E-state index contributed by atoms with van der Waals surface area (Å²) in [6.45, 7) is 2.79. The van der Waals surface area contributed by atoms with Gasteiger partial charge in [-0.1, -0.05) is 0 Å². The topological polar surface area (TPSA) is 73.3 Å². The number of carbonyl (C=O) groups excluding carboxylic acids is 1. The van der Waals surface area contributed by atoms with Gasteiger partial charge >= 0.3 is 6.18 Å². The lowest BCUT2D eigenvalue weighted by atomic mass is 10.1. The van der Waals surface area contributed by atoms with Gasteiger partial charge in [-0.15, -0.1) is 10.2 Å². The summed E-state index contributed by atoms with van der Waals surface area (Å²) < 4.78 is 48.5. The molecule has 0 aliphatic rings. The monoisotopic (exact) mass is 431 g/mol. The Bertz CT molecular complexity index is 990. The molecule has 9 heteroatoms. The van der Waals surface area contributed by atoms with Gasteiger partial charge in [0.1, 0.15) is 12.4 Å². The Morgan fingerprint density at radius 2 is 1.65 bits per heavy atom. The van der Waals surface area contributed by atoms with Gasteiger partial charge in [-0.3, -0.25) is 4.79 Å². The Hall–Kier alpha value is -3.62. The lowest BCUT2D eigenvalue weighted by molar-refractivity contribution is -0.137. The second-order valence-electron chi connectivity index (χ2n) is 6.39. The first-order valence-corrected chi connectivity index (χ1v) is 9.52. The van der Waals surface area contributed by atoms with E-state index < -0.39 is 17.6 Å². The third-order valence-electron chi connectivity index (χ3n) is 4.21. The normalized spacial score (nSPS) is 11.1. The molecule has 162 valence electrons. The number of halogens is 3. The first-order valence-electron chi connectivity index (χ1n) is 9.52. The first kappa shape index (κ1) is 22.1. The molecular weight excluding hydrogens is 411 g/mol. The molecule has 0 radical (unpaired) electrons. The first-order chi connectivity index (χ1) is 14.9. The minimum atomic E-state index is -4.44. The summed E-state index contributed by atoms with van der Waals surface area (Å²) in [5.74, 6) is 0.574. The van der Waals surface area contributed by atoms with E-state index in [9.17, 15) is 18.0 Å². The molecule has 3 rings (SSSR count). The Morgan fingerprint density at radius 1 is 0.935 bits per heavy atom. The average Bonchev–Trinajstić information content (AvgIpc) is 2.77. The van der Waals surface area contributed by atoms with Crippen LogP contribution in [0.1, 0.15) is 22.8 Å². The summed E-state index contributed by atoms with van der Waals surface area (Å²) in [4.78, 5) is 12.0. The molecule has 1 N–H and O–H groups in total. The van der Waals surface area contributed by atoms with Crippen LogP contribution in [0.2, 0.25) is 0 Å². The van der Waals surface area contributed by atoms with Crippen molar-refractivity contribution in [3.63, 3.8) is 0 Å². The second-order valence-corrected chi connectivity index (χ2v) is 6.39. The molecule has 0 saturated carbocycles. The van der Waals surface area contributed by atoms with Crippen LogP contribution in [0.5, 0.6) is 11.6 Å². The third kappa shape index (κ3) is 6.18. The molecular formula is C22H20F3N3O3. The molecule has 0 spiro atoms. The third-order valence-corrected chi connectivity index (χ3v) is 4.21. The zero-order valence-corrected chi connectivity index (χ0v) is 16.6. The summed E-state index contributed by atoms with van der Waals surface area (Å²) in [7, 11) is 0. The maximum absolute atomic E-state index is 12.6. The molecule has 1 amide bonds. The number of nitrogens with zero attached hydrogens (tertiary/aromatic N) is 2. The maximum atomic E-state index is 12.6. The highest BCUT2D eigenvalue weighted by molar-refractivity contribution is 5.94. The van der Waals surface area contributed by atoms with Gasteiger partial charge in [-0.05, 0) is 61.5 Å². The summed E-state index contributed by atoms with van der Waals surface area (Å²) in [5, 5.41) is 10.7. The Balaban J connectivity index is 1.46. The molecule has 2 aromatic carbocycles. The smallest absolute Gasteiger partial charge is 0.416 e. The molecule has 6 nitrogen and oxygen atoms in total. The zero-order valence-electron chi connectivity index (χ0n) is 16.6. The van der Waals surface area contributed by atoms with Crippen LogP contribution < -0.4 is 14.8 Å². The van der Waals surface area contributed by atoms with E-state index in [1.54, 1.807) is 12.1 Å². The van der Waals surface area contributed by atoms with Crippen LogP contribution in [-0.4, -0.2) is 35.9 Å². The number of rotatable bonds is 8. The van der Waals surface area contributed by atoms with Crippen LogP contribution in [0.25, 0.3) is 11.3 Å². The van der Waals surface area contributed by atoms with Crippen molar-refractivity contribution in [3.8, 4) is 22.9 Å². The molecule has 1 heterocycles. The van der Waals surface area contributed by atoms with Crippen molar-refractivity contribution >= 4 is 5.91 Å². The van der Waals surface area contributed by atoms with E-state index in [0.717, 1.165) is 35.6 Å². The molecule has 0 saturated heterocycles. The largest absolute Gasteiger partial charge is 0.494 e. The van der Waals surface area contributed by atoms with E-state index >= 15 is 0 Å². The number of ether oxygens (including phenoxy) is 2. The van der Waals surface area contributed by atoms with E-state index in [1.807, 2.05) is 31.2 Å². The molecule has 0 bridgehead atoms. The van der Waals surface area contributed by atoms with E-state index in [4.69, 9.17) is 9.47 Å². The van der Waals surface area contributed by atoms with E-state index in [1.165, 1.54) is 0 Å². The quantitative estimate of drug-likeness (QED) is 0.536. The van der Waals surface area contributed by atoms with Crippen LogP contribution in [-0.2, 0) is 6.18 Å². The summed E-state index contributed by atoms with van der Waals surface area (Å²) >= 11 is 0. The number of hydrogen-bond acceptors (Lipinski definition) is 5. The highest BCUT2D eigenvalue weighted by Crippen LogP contribution is 2.29. The molecule has 0 atom stereocenters. The molecule has 3 aromatic rings. The van der Waals surface area contributed by atoms with Crippen molar-refractivity contribution < 1.29 is 27.4 Å². The van der Waals surface area contributed by atoms with E-state index in [2.05, 4.69) is 15.5 Å². The molecule has 0 aliphatic heterocycles. The van der Waals surface area contributed by atoms with E-state index in [0.29, 0.717) is 18.2 Å². The molecule has 0 unspecified atom stereocenters.